The molecule has 0 saturated carbocycles. The van der Waals surface area contributed by atoms with Gasteiger partial charge in [-0.2, -0.15) is 0 Å². The molecule has 1 unspecified atom stereocenters. The predicted molar refractivity (Wildman–Crippen MR) is 83.3 cm³/mol. The summed E-state index contributed by atoms with van der Waals surface area (Å²) in [5, 5.41) is 11.3. The van der Waals surface area contributed by atoms with Crippen molar-refractivity contribution in [2.45, 2.75) is 58.2 Å². The molecule has 1 aromatic heterocycles. The van der Waals surface area contributed by atoms with E-state index in [1.807, 2.05) is 38.9 Å². The van der Waals surface area contributed by atoms with E-state index in [0.717, 1.165) is 38.0 Å². The number of nitrogens with one attached hydrogen (secondary N) is 1. The number of aromatic nitrogens is 3. The lowest BCUT2D eigenvalue weighted by Crippen LogP contribution is -2.50. The minimum absolute atomic E-state index is 0.181. The van der Waals surface area contributed by atoms with Gasteiger partial charge < -0.3 is 15.0 Å². The van der Waals surface area contributed by atoms with Crippen LogP contribution < -0.4 is 5.32 Å². The first kappa shape index (κ1) is 16.7. The van der Waals surface area contributed by atoms with Crippen LogP contribution in [-0.2, 0) is 18.3 Å². The monoisotopic (exact) mass is 309 g/mol. The van der Waals surface area contributed by atoms with Gasteiger partial charge in [0.05, 0.1) is 5.69 Å². The van der Waals surface area contributed by atoms with Crippen LogP contribution >= 0.6 is 0 Å². The van der Waals surface area contributed by atoms with E-state index in [0.29, 0.717) is 6.54 Å². The van der Waals surface area contributed by atoms with Crippen molar-refractivity contribution in [2.24, 2.45) is 7.05 Å². The van der Waals surface area contributed by atoms with Crippen molar-refractivity contribution in [3.05, 3.63) is 11.9 Å². The molecular formula is C15H27N5O2. The molecule has 1 aliphatic heterocycles. The van der Waals surface area contributed by atoms with Gasteiger partial charge in [-0.15, -0.1) is 5.10 Å². The zero-order chi connectivity index (χ0) is 16.2. The third kappa shape index (κ3) is 4.98. The average molecular weight is 309 g/mol. The Kier molecular flexibility index (Phi) is 5.39. The van der Waals surface area contributed by atoms with Crippen molar-refractivity contribution in [1.29, 1.82) is 0 Å². The molecule has 7 heteroatoms. The van der Waals surface area contributed by atoms with Gasteiger partial charge in [-0.1, -0.05) is 5.21 Å². The maximum atomic E-state index is 12.3. The smallest absolute Gasteiger partial charge is 0.410 e. The average Bonchev–Trinajstić information content (AvgIpc) is 2.83. The molecule has 2 rings (SSSR count). The lowest BCUT2D eigenvalue weighted by Gasteiger charge is -2.36. The summed E-state index contributed by atoms with van der Waals surface area (Å²) in [6.45, 7) is 7.87. The predicted octanol–water partition coefficient (Wildman–Crippen LogP) is 1.69. The van der Waals surface area contributed by atoms with E-state index in [4.69, 9.17) is 4.74 Å². The molecule has 0 radical (unpaired) electrons. The fourth-order valence-corrected chi connectivity index (χ4v) is 2.62. The van der Waals surface area contributed by atoms with E-state index in [9.17, 15) is 4.79 Å². The van der Waals surface area contributed by atoms with Gasteiger partial charge in [0.25, 0.3) is 0 Å². The van der Waals surface area contributed by atoms with Gasteiger partial charge in [0.2, 0.25) is 0 Å². The summed E-state index contributed by atoms with van der Waals surface area (Å²) in [5.41, 5.74) is 0.453. The Hall–Kier alpha value is -1.63. The van der Waals surface area contributed by atoms with Crippen molar-refractivity contribution >= 4 is 6.09 Å². The standard InChI is InChI=1S/C15H27N5O2/c1-15(2,3)22-14(21)20-8-6-5-7-13(20)10-16-9-12-11-19(4)18-17-12/h11,13,16H,5-10H2,1-4H3. The Morgan fingerprint density at radius 3 is 2.86 bits per heavy atom. The zero-order valence-electron chi connectivity index (χ0n) is 14.0. The Morgan fingerprint density at radius 2 is 2.23 bits per heavy atom. The Balaban J connectivity index is 1.85. The third-order valence-electron chi connectivity index (χ3n) is 3.59. The van der Waals surface area contributed by atoms with Gasteiger partial charge in [0.1, 0.15) is 5.60 Å². The molecule has 22 heavy (non-hydrogen) atoms. The second-order valence-electron chi connectivity index (χ2n) is 6.84. The Bertz CT molecular complexity index is 494. The van der Waals surface area contributed by atoms with Gasteiger partial charge in [0, 0.05) is 38.9 Å². The van der Waals surface area contributed by atoms with Gasteiger partial charge >= 0.3 is 6.09 Å². The van der Waals surface area contributed by atoms with Crippen molar-refractivity contribution in [3.8, 4) is 0 Å². The summed E-state index contributed by atoms with van der Waals surface area (Å²) < 4.78 is 7.19. The first-order chi connectivity index (χ1) is 10.3. The highest BCUT2D eigenvalue weighted by atomic mass is 16.6. The van der Waals surface area contributed by atoms with Gasteiger partial charge in [-0.05, 0) is 40.0 Å². The van der Waals surface area contributed by atoms with E-state index in [2.05, 4.69) is 15.6 Å². The molecule has 1 saturated heterocycles. The molecular weight excluding hydrogens is 282 g/mol. The molecule has 0 spiro atoms. The molecule has 1 amide bonds. The first-order valence-corrected chi connectivity index (χ1v) is 7.91. The van der Waals surface area contributed by atoms with Crippen molar-refractivity contribution in [3.63, 3.8) is 0 Å². The van der Waals surface area contributed by atoms with Crippen LogP contribution in [0.1, 0.15) is 45.7 Å². The van der Waals surface area contributed by atoms with E-state index in [1.165, 1.54) is 0 Å². The van der Waals surface area contributed by atoms with Crippen LogP contribution in [0.5, 0.6) is 0 Å². The second kappa shape index (κ2) is 7.09. The molecule has 124 valence electrons. The number of piperidine rings is 1. The topological polar surface area (TPSA) is 72.3 Å². The SMILES string of the molecule is Cn1cc(CNCC2CCCCN2C(=O)OC(C)(C)C)nn1. The number of carbonyl (C=O) groups is 1. The maximum Gasteiger partial charge on any atom is 0.410 e. The number of nitrogens with zero attached hydrogens (tertiary/aromatic N) is 4. The maximum absolute atomic E-state index is 12.3. The van der Waals surface area contributed by atoms with E-state index >= 15 is 0 Å². The van der Waals surface area contributed by atoms with Crippen LogP contribution in [0.3, 0.4) is 0 Å². The van der Waals surface area contributed by atoms with Crippen LogP contribution in [-0.4, -0.2) is 50.7 Å². The summed E-state index contributed by atoms with van der Waals surface area (Å²) in [5.74, 6) is 0. The van der Waals surface area contributed by atoms with E-state index in [-0.39, 0.29) is 12.1 Å². The van der Waals surface area contributed by atoms with Gasteiger partial charge in [-0.3, -0.25) is 4.68 Å². The number of hydrogen-bond acceptors (Lipinski definition) is 5. The molecule has 0 bridgehead atoms. The molecule has 2 heterocycles. The number of hydrogen-bond donors (Lipinski definition) is 1. The van der Waals surface area contributed by atoms with Crippen LogP contribution in [0.25, 0.3) is 0 Å². The fourth-order valence-electron chi connectivity index (χ4n) is 2.62. The number of ether oxygens (including phenoxy) is 1. The first-order valence-electron chi connectivity index (χ1n) is 7.91. The van der Waals surface area contributed by atoms with E-state index < -0.39 is 5.60 Å². The van der Waals surface area contributed by atoms with E-state index in [1.54, 1.807) is 4.68 Å². The summed E-state index contributed by atoms with van der Waals surface area (Å²) in [4.78, 5) is 14.2. The van der Waals surface area contributed by atoms with Crippen LogP contribution in [0, 0.1) is 0 Å². The van der Waals surface area contributed by atoms with Crippen LogP contribution in [0.2, 0.25) is 0 Å². The van der Waals surface area contributed by atoms with Crippen LogP contribution in [0.4, 0.5) is 4.79 Å². The summed E-state index contributed by atoms with van der Waals surface area (Å²) in [7, 11) is 1.85. The summed E-state index contributed by atoms with van der Waals surface area (Å²) in [6, 6.07) is 0.181. The quantitative estimate of drug-likeness (QED) is 0.916. The molecule has 7 nitrogen and oxygen atoms in total. The molecule has 0 aromatic carbocycles. The van der Waals surface area contributed by atoms with Crippen molar-refractivity contribution in [1.82, 2.24) is 25.2 Å². The molecule has 1 fully saturated rings. The third-order valence-corrected chi connectivity index (χ3v) is 3.59. The summed E-state index contributed by atoms with van der Waals surface area (Å²) >= 11 is 0. The number of aryl methyl sites for hydroxylation is 1. The molecule has 0 aliphatic carbocycles. The van der Waals surface area contributed by atoms with Gasteiger partial charge in [0.15, 0.2) is 0 Å². The number of carbonyl (C=O) groups excluding carboxylic acids is 1. The lowest BCUT2D eigenvalue weighted by molar-refractivity contribution is 0.00993. The molecule has 1 N–H and O–H groups in total. The number of rotatable bonds is 4. The lowest BCUT2D eigenvalue weighted by atomic mass is 10.0. The van der Waals surface area contributed by atoms with Crippen LogP contribution in [0.15, 0.2) is 6.20 Å². The molecule has 1 aliphatic rings. The van der Waals surface area contributed by atoms with Gasteiger partial charge in [-0.25, -0.2) is 4.79 Å². The highest BCUT2D eigenvalue weighted by Gasteiger charge is 2.30. The Morgan fingerprint density at radius 1 is 1.45 bits per heavy atom. The Labute approximate surface area is 132 Å². The number of likely N-dealkylation sites (tertiary alicyclic amines) is 1. The largest absolute Gasteiger partial charge is 0.444 e. The summed E-state index contributed by atoms with van der Waals surface area (Å²) in [6.07, 6.45) is 4.88. The number of amides is 1. The second-order valence-corrected chi connectivity index (χ2v) is 6.84. The minimum Gasteiger partial charge on any atom is -0.444 e. The highest BCUT2D eigenvalue weighted by Crippen LogP contribution is 2.20. The molecule has 1 aromatic rings. The molecule has 1 atom stereocenters. The minimum atomic E-state index is -0.452. The zero-order valence-corrected chi connectivity index (χ0v) is 14.0. The fraction of sp³-hybridized carbons (Fsp3) is 0.800. The normalized spacial score (nSPS) is 19.3. The van der Waals surface area contributed by atoms with Crippen molar-refractivity contribution in [2.75, 3.05) is 13.1 Å². The highest BCUT2D eigenvalue weighted by molar-refractivity contribution is 5.68. The van der Waals surface area contributed by atoms with Crippen molar-refractivity contribution < 1.29 is 9.53 Å².